The van der Waals surface area contributed by atoms with E-state index in [0.29, 0.717) is 12.1 Å². The maximum atomic E-state index is 12.6. The van der Waals surface area contributed by atoms with Crippen LogP contribution in [0.15, 0.2) is 57.9 Å². The lowest BCUT2D eigenvalue weighted by atomic mass is 9.95. The van der Waals surface area contributed by atoms with Gasteiger partial charge in [-0.1, -0.05) is 49.1 Å². The minimum atomic E-state index is -0.352. The van der Waals surface area contributed by atoms with Crippen LogP contribution in [0.5, 0.6) is 0 Å². The van der Waals surface area contributed by atoms with Crippen LogP contribution < -0.4 is 10.6 Å². The largest absolute Gasteiger partial charge is 0.396 e. The monoisotopic (exact) mass is 428 g/mol. The maximum absolute atomic E-state index is 12.6. The second-order valence-corrected chi connectivity index (χ2v) is 9.81. The van der Waals surface area contributed by atoms with E-state index in [2.05, 4.69) is 20.6 Å². The number of pyridine rings is 1. The van der Waals surface area contributed by atoms with Gasteiger partial charge in [0.1, 0.15) is 5.82 Å². The second-order valence-electron chi connectivity index (χ2n) is 7.41. The van der Waals surface area contributed by atoms with E-state index in [-0.39, 0.29) is 17.9 Å². The molecule has 0 unspecified atom stereocenters. The number of thiazole rings is 1. The van der Waals surface area contributed by atoms with Gasteiger partial charge in [-0.15, -0.1) is 0 Å². The van der Waals surface area contributed by atoms with E-state index in [0.717, 1.165) is 25.6 Å². The van der Waals surface area contributed by atoms with Crippen molar-refractivity contribution in [1.82, 2.24) is 15.3 Å². The molecule has 0 spiro atoms. The van der Waals surface area contributed by atoms with Crippen LogP contribution in [0.25, 0.3) is 0 Å². The Labute approximate surface area is 178 Å². The van der Waals surface area contributed by atoms with Gasteiger partial charge in [-0.2, -0.15) is 0 Å². The molecule has 0 radical (unpaired) electrons. The highest BCUT2D eigenvalue weighted by atomic mass is 32.2. The van der Waals surface area contributed by atoms with Crippen molar-refractivity contribution < 1.29 is 9.90 Å². The minimum Gasteiger partial charge on any atom is -0.396 e. The molecule has 8 heteroatoms. The molecule has 0 saturated heterocycles. The Morgan fingerprint density at radius 1 is 1.24 bits per heavy atom. The number of aromatic nitrogens is 2. The van der Waals surface area contributed by atoms with Crippen molar-refractivity contribution >= 4 is 40.0 Å². The zero-order valence-electron chi connectivity index (χ0n) is 16.6. The lowest BCUT2D eigenvalue weighted by Crippen LogP contribution is -2.36. The van der Waals surface area contributed by atoms with Crippen molar-refractivity contribution in [2.24, 2.45) is 5.41 Å². The molecule has 1 amide bonds. The molecule has 2 aromatic heterocycles. The topological polar surface area (TPSA) is 87.1 Å². The van der Waals surface area contributed by atoms with Crippen molar-refractivity contribution in [3.63, 3.8) is 0 Å². The van der Waals surface area contributed by atoms with E-state index in [9.17, 15) is 9.90 Å². The van der Waals surface area contributed by atoms with Gasteiger partial charge in [0.15, 0.2) is 5.13 Å². The number of carbonyl (C=O) groups is 1. The fourth-order valence-corrected chi connectivity index (χ4v) is 4.31. The summed E-state index contributed by atoms with van der Waals surface area (Å²) in [5, 5.41) is 16.2. The molecular formula is C21H24N4O2S2. The summed E-state index contributed by atoms with van der Waals surface area (Å²) in [5.74, 6) is 0.617. The number of anilines is 2. The van der Waals surface area contributed by atoms with E-state index in [1.165, 1.54) is 11.3 Å². The molecule has 0 aliphatic carbocycles. The third kappa shape index (κ3) is 6.03. The first-order valence-electron chi connectivity index (χ1n) is 9.18. The summed E-state index contributed by atoms with van der Waals surface area (Å²) < 4.78 is 1.01. The number of nitrogens with zero attached hydrogens (tertiary/aromatic N) is 2. The summed E-state index contributed by atoms with van der Waals surface area (Å²) in [4.78, 5) is 22.2. The molecule has 0 bridgehead atoms. The van der Waals surface area contributed by atoms with E-state index in [1.54, 1.807) is 18.0 Å². The molecule has 6 nitrogen and oxygen atoms in total. The second kappa shape index (κ2) is 9.39. The van der Waals surface area contributed by atoms with Gasteiger partial charge in [0, 0.05) is 35.2 Å². The molecule has 29 heavy (non-hydrogen) atoms. The van der Waals surface area contributed by atoms with Gasteiger partial charge in [-0.25, -0.2) is 9.97 Å². The summed E-state index contributed by atoms with van der Waals surface area (Å²) in [6.45, 7) is 6.17. The van der Waals surface area contributed by atoms with Crippen molar-refractivity contribution in [2.45, 2.75) is 29.9 Å². The quantitative estimate of drug-likeness (QED) is 0.490. The molecule has 3 aromatic rings. The Hall–Kier alpha value is -2.42. The first-order valence-corrected chi connectivity index (χ1v) is 10.8. The molecular weight excluding hydrogens is 404 g/mol. The van der Waals surface area contributed by atoms with Gasteiger partial charge < -0.3 is 15.7 Å². The molecule has 0 atom stereocenters. The van der Waals surface area contributed by atoms with E-state index < -0.39 is 0 Å². The highest BCUT2D eigenvalue weighted by molar-refractivity contribution is 8.01. The molecule has 0 saturated carbocycles. The van der Waals surface area contributed by atoms with Crippen LogP contribution in [0.3, 0.4) is 0 Å². The SMILES string of the molecule is Cc1ccc(Sc2cnc(Nc3ccccn3)s2)cc1C(=O)NCC(C)(C)CO. The average Bonchev–Trinajstić information content (AvgIpc) is 3.15. The predicted octanol–water partition coefficient (Wildman–Crippen LogP) is 4.49. The minimum absolute atomic E-state index is 0.0163. The van der Waals surface area contributed by atoms with Crippen LogP contribution in [0.1, 0.15) is 29.8 Å². The third-order valence-electron chi connectivity index (χ3n) is 4.21. The Balaban J connectivity index is 1.67. The zero-order valence-corrected chi connectivity index (χ0v) is 18.2. The van der Waals surface area contributed by atoms with E-state index in [4.69, 9.17) is 0 Å². The molecule has 0 fully saturated rings. The van der Waals surface area contributed by atoms with Gasteiger partial charge in [-0.3, -0.25) is 4.79 Å². The molecule has 3 rings (SSSR count). The molecule has 0 aliphatic rings. The fraction of sp³-hybridized carbons (Fsp3) is 0.286. The van der Waals surface area contributed by atoms with Gasteiger partial charge in [0.25, 0.3) is 5.91 Å². The van der Waals surface area contributed by atoms with Crippen molar-refractivity contribution in [2.75, 3.05) is 18.5 Å². The number of aliphatic hydroxyl groups excluding tert-OH is 1. The first-order chi connectivity index (χ1) is 13.9. The Morgan fingerprint density at radius 2 is 2.07 bits per heavy atom. The normalized spacial score (nSPS) is 11.3. The Bertz CT molecular complexity index is 974. The summed E-state index contributed by atoms with van der Waals surface area (Å²) in [6.07, 6.45) is 3.54. The fourth-order valence-electron chi connectivity index (χ4n) is 2.41. The Morgan fingerprint density at radius 3 is 2.79 bits per heavy atom. The molecule has 3 N–H and O–H groups in total. The standard InChI is InChI=1S/C21H24N4O2S2/c1-14-7-8-15(10-16(14)19(27)24-12-21(2,3)13-26)28-18-11-23-20(29-18)25-17-6-4-5-9-22-17/h4-11,26H,12-13H2,1-3H3,(H,24,27)(H,22,23,25). The summed E-state index contributed by atoms with van der Waals surface area (Å²) in [5.41, 5.74) is 1.20. The van der Waals surface area contributed by atoms with Crippen LogP contribution >= 0.6 is 23.1 Å². The highest BCUT2D eigenvalue weighted by Crippen LogP contribution is 2.35. The van der Waals surface area contributed by atoms with E-state index >= 15 is 0 Å². The zero-order chi connectivity index (χ0) is 20.9. The Kier molecular flexibility index (Phi) is 6.89. The van der Waals surface area contributed by atoms with Crippen molar-refractivity contribution in [1.29, 1.82) is 0 Å². The van der Waals surface area contributed by atoms with Gasteiger partial charge >= 0.3 is 0 Å². The number of aliphatic hydroxyl groups is 1. The number of amides is 1. The third-order valence-corrected chi connectivity index (χ3v) is 6.22. The summed E-state index contributed by atoms with van der Waals surface area (Å²) in [7, 11) is 0. The van der Waals surface area contributed by atoms with Crippen LogP contribution in [0.2, 0.25) is 0 Å². The molecule has 152 valence electrons. The number of hydrogen-bond acceptors (Lipinski definition) is 7. The predicted molar refractivity (Wildman–Crippen MR) is 118 cm³/mol. The maximum Gasteiger partial charge on any atom is 0.251 e. The summed E-state index contributed by atoms with van der Waals surface area (Å²) >= 11 is 3.09. The number of aryl methyl sites for hydroxylation is 1. The number of carbonyl (C=O) groups excluding carboxylic acids is 1. The van der Waals surface area contributed by atoms with Crippen molar-refractivity contribution in [3.05, 3.63) is 59.9 Å². The lowest BCUT2D eigenvalue weighted by molar-refractivity contribution is 0.0910. The van der Waals surface area contributed by atoms with Crippen molar-refractivity contribution in [3.8, 4) is 0 Å². The summed E-state index contributed by atoms with van der Waals surface area (Å²) in [6, 6.07) is 11.5. The average molecular weight is 429 g/mol. The molecule has 1 aromatic carbocycles. The van der Waals surface area contributed by atoms with E-state index in [1.807, 2.05) is 63.4 Å². The van der Waals surface area contributed by atoms with Gasteiger partial charge in [0.2, 0.25) is 0 Å². The first kappa shape index (κ1) is 21.3. The molecule has 2 heterocycles. The smallest absolute Gasteiger partial charge is 0.251 e. The number of hydrogen-bond donors (Lipinski definition) is 3. The van der Waals surface area contributed by atoms with Gasteiger partial charge in [-0.05, 0) is 36.8 Å². The molecule has 0 aliphatic heterocycles. The van der Waals surface area contributed by atoms with Crippen LogP contribution in [0, 0.1) is 12.3 Å². The van der Waals surface area contributed by atoms with Crippen LogP contribution in [-0.2, 0) is 0 Å². The highest BCUT2D eigenvalue weighted by Gasteiger charge is 2.19. The van der Waals surface area contributed by atoms with Crippen LogP contribution in [-0.4, -0.2) is 34.1 Å². The number of nitrogens with one attached hydrogen (secondary N) is 2. The lowest BCUT2D eigenvalue weighted by Gasteiger charge is -2.22. The van der Waals surface area contributed by atoms with Crippen LogP contribution in [0.4, 0.5) is 10.9 Å². The number of benzene rings is 1. The number of rotatable bonds is 8. The van der Waals surface area contributed by atoms with Gasteiger partial charge in [0.05, 0.1) is 10.4 Å².